The number of benzene rings is 1. The molecule has 0 amide bonds. The van der Waals surface area contributed by atoms with E-state index in [0.29, 0.717) is 18.5 Å². The lowest BCUT2D eigenvalue weighted by Gasteiger charge is -2.10. The van der Waals surface area contributed by atoms with Crippen LogP contribution in [0, 0.1) is 0 Å². The van der Waals surface area contributed by atoms with Gasteiger partial charge in [0.1, 0.15) is 5.75 Å². The molecule has 0 aromatic heterocycles. The highest BCUT2D eigenvalue weighted by atomic mass is 127. The van der Waals surface area contributed by atoms with Crippen molar-refractivity contribution in [2.75, 3.05) is 13.7 Å². The van der Waals surface area contributed by atoms with E-state index >= 15 is 0 Å². The number of methoxy groups -OCH3 is 1. The molecule has 1 aromatic carbocycles. The van der Waals surface area contributed by atoms with Gasteiger partial charge < -0.3 is 15.8 Å². The van der Waals surface area contributed by atoms with Gasteiger partial charge in [0.2, 0.25) is 0 Å². The van der Waals surface area contributed by atoms with Crippen molar-refractivity contribution in [1.82, 2.24) is 5.32 Å². The van der Waals surface area contributed by atoms with Crippen LogP contribution in [0.5, 0.6) is 5.75 Å². The minimum Gasteiger partial charge on any atom is -0.495 e. The summed E-state index contributed by atoms with van der Waals surface area (Å²) >= 11 is 3.46. The van der Waals surface area contributed by atoms with Crippen molar-refractivity contribution in [3.63, 3.8) is 0 Å². The first-order valence-corrected chi connectivity index (χ1v) is 6.71. The molecule has 0 spiro atoms. The zero-order valence-corrected chi connectivity index (χ0v) is 15.4. The number of rotatable bonds is 5. The molecule has 0 atom stereocenters. The molecule has 0 unspecified atom stereocenters. The number of hydrogen-bond donors (Lipinski definition) is 2. The molecule has 0 heterocycles. The normalized spacial score (nSPS) is 11.1. The second kappa shape index (κ2) is 9.41. The molecule has 0 aliphatic carbocycles. The highest BCUT2D eigenvalue weighted by Crippen LogP contribution is 2.28. The minimum atomic E-state index is 0. The fourth-order valence-electron chi connectivity index (χ4n) is 1.62. The van der Waals surface area contributed by atoms with E-state index in [1.165, 1.54) is 0 Å². The van der Waals surface area contributed by atoms with Gasteiger partial charge >= 0.3 is 0 Å². The number of nitrogens with zero attached hydrogens (tertiary/aromatic N) is 1. The Morgan fingerprint density at radius 2 is 2.16 bits per heavy atom. The van der Waals surface area contributed by atoms with Gasteiger partial charge in [-0.3, -0.25) is 4.99 Å². The van der Waals surface area contributed by atoms with Gasteiger partial charge in [0.05, 0.1) is 11.6 Å². The Morgan fingerprint density at radius 1 is 1.47 bits per heavy atom. The average Bonchev–Trinajstić information content (AvgIpc) is 2.28. The van der Waals surface area contributed by atoms with E-state index in [0.717, 1.165) is 22.2 Å². The number of aliphatic imine (C=N–C) groups is 1. The van der Waals surface area contributed by atoms with Crippen LogP contribution in [-0.4, -0.2) is 25.7 Å². The Hall–Kier alpha value is -0.500. The Labute approximate surface area is 140 Å². The van der Waals surface area contributed by atoms with Gasteiger partial charge in [0.15, 0.2) is 5.96 Å². The van der Waals surface area contributed by atoms with Crippen LogP contribution in [0.2, 0.25) is 0 Å². The summed E-state index contributed by atoms with van der Waals surface area (Å²) in [6.45, 7) is 4.69. The highest BCUT2D eigenvalue weighted by molar-refractivity contribution is 14.0. The van der Waals surface area contributed by atoms with Crippen molar-refractivity contribution >= 4 is 45.9 Å². The molecule has 0 bridgehead atoms. The predicted octanol–water partition coefficient (Wildman–Crippen LogP) is 2.93. The Bertz CT molecular complexity index is 424. The van der Waals surface area contributed by atoms with E-state index in [4.69, 9.17) is 10.5 Å². The average molecular weight is 442 g/mol. The van der Waals surface area contributed by atoms with Crippen LogP contribution in [0.4, 0.5) is 0 Å². The van der Waals surface area contributed by atoms with Gasteiger partial charge in [0.25, 0.3) is 0 Å². The number of nitrogens with two attached hydrogens (primary N) is 1. The largest absolute Gasteiger partial charge is 0.495 e. The second-order valence-corrected chi connectivity index (χ2v) is 5.10. The van der Waals surface area contributed by atoms with Crippen molar-refractivity contribution in [2.45, 2.75) is 26.3 Å². The molecule has 19 heavy (non-hydrogen) atoms. The van der Waals surface area contributed by atoms with Crippen molar-refractivity contribution in [3.8, 4) is 5.75 Å². The fourth-order valence-corrected chi connectivity index (χ4v) is 2.19. The third kappa shape index (κ3) is 6.47. The smallest absolute Gasteiger partial charge is 0.188 e. The molecule has 0 saturated carbocycles. The van der Waals surface area contributed by atoms with Crippen LogP contribution in [0.15, 0.2) is 27.7 Å². The number of guanidine groups is 1. The molecule has 108 valence electrons. The molecule has 3 N–H and O–H groups in total. The monoisotopic (exact) mass is 441 g/mol. The second-order valence-electron chi connectivity index (χ2n) is 4.25. The minimum absolute atomic E-state index is 0. The summed E-state index contributed by atoms with van der Waals surface area (Å²) in [6.07, 6.45) is 0.795. The summed E-state index contributed by atoms with van der Waals surface area (Å²) in [5.74, 6) is 1.35. The number of nitrogens with one attached hydrogen (secondary N) is 1. The van der Waals surface area contributed by atoms with Gasteiger partial charge in [0, 0.05) is 12.6 Å². The molecule has 0 aliphatic heterocycles. The van der Waals surface area contributed by atoms with Crippen LogP contribution in [0.25, 0.3) is 0 Å². The lowest BCUT2D eigenvalue weighted by Crippen LogP contribution is -2.36. The third-order valence-electron chi connectivity index (χ3n) is 2.35. The SMILES string of the molecule is COc1c(Br)cccc1CCN=C(N)NC(C)C.I. The maximum atomic E-state index is 5.74. The van der Waals surface area contributed by atoms with Crippen LogP contribution in [-0.2, 0) is 6.42 Å². The Morgan fingerprint density at radius 3 is 2.74 bits per heavy atom. The number of hydrogen-bond acceptors (Lipinski definition) is 2. The molecule has 0 fully saturated rings. The number of para-hydroxylation sites is 1. The Kier molecular flexibility index (Phi) is 9.16. The predicted molar refractivity (Wildman–Crippen MR) is 94.6 cm³/mol. The number of halogens is 2. The van der Waals surface area contributed by atoms with E-state index in [9.17, 15) is 0 Å². The van der Waals surface area contributed by atoms with Gasteiger partial charge in [-0.05, 0) is 47.8 Å². The topological polar surface area (TPSA) is 59.6 Å². The van der Waals surface area contributed by atoms with E-state index in [1.54, 1.807) is 7.11 Å². The van der Waals surface area contributed by atoms with Crippen molar-refractivity contribution < 1.29 is 4.74 Å². The summed E-state index contributed by atoms with van der Waals surface area (Å²) < 4.78 is 6.31. The zero-order chi connectivity index (χ0) is 13.5. The van der Waals surface area contributed by atoms with Crippen molar-refractivity contribution in [1.29, 1.82) is 0 Å². The lowest BCUT2D eigenvalue weighted by atomic mass is 10.1. The summed E-state index contributed by atoms with van der Waals surface area (Å²) in [5, 5.41) is 3.06. The van der Waals surface area contributed by atoms with E-state index < -0.39 is 0 Å². The summed E-state index contributed by atoms with van der Waals surface area (Å²) in [4.78, 5) is 4.28. The fraction of sp³-hybridized carbons (Fsp3) is 0.462. The third-order valence-corrected chi connectivity index (χ3v) is 2.98. The van der Waals surface area contributed by atoms with Crippen LogP contribution in [0.1, 0.15) is 19.4 Å². The van der Waals surface area contributed by atoms with Crippen LogP contribution < -0.4 is 15.8 Å². The molecular weight excluding hydrogens is 421 g/mol. The standard InChI is InChI=1S/C13H20BrN3O.HI/c1-9(2)17-13(15)16-8-7-10-5-4-6-11(14)12(10)18-3;/h4-6,9H,7-8H2,1-3H3,(H3,15,16,17);1H. The molecule has 0 saturated heterocycles. The molecule has 4 nitrogen and oxygen atoms in total. The quantitative estimate of drug-likeness (QED) is 0.419. The van der Waals surface area contributed by atoms with Crippen molar-refractivity contribution in [2.24, 2.45) is 10.7 Å². The summed E-state index contributed by atoms with van der Waals surface area (Å²) in [5.41, 5.74) is 6.86. The number of ether oxygens (including phenoxy) is 1. The molecule has 0 aliphatic rings. The highest BCUT2D eigenvalue weighted by Gasteiger charge is 2.06. The maximum Gasteiger partial charge on any atom is 0.188 e. The lowest BCUT2D eigenvalue weighted by molar-refractivity contribution is 0.407. The van der Waals surface area contributed by atoms with Gasteiger partial charge in [-0.2, -0.15) is 0 Å². The van der Waals surface area contributed by atoms with Gasteiger partial charge in [-0.15, -0.1) is 24.0 Å². The molecule has 1 aromatic rings. The Balaban J connectivity index is 0.00000324. The van der Waals surface area contributed by atoms with Crippen LogP contribution >= 0.6 is 39.9 Å². The van der Waals surface area contributed by atoms with Gasteiger partial charge in [-0.25, -0.2) is 0 Å². The van der Waals surface area contributed by atoms with E-state index in [2.05, 4.69) is 26.2 Å². The zero-order valence-electron chi connectivity index (χ0n) is 11.4. The first kappa shape index (κ1) is 18.5. The van der Waals surface area contributed by atoms with E-state index in [-0.39, 0.29) is 24.0 Å². The van der Waals surface area contributed by atoms with E-state index in [1.807, 2.05) is 32.0 Å². The maximum absolute atomic E-state index is 5.74. The molecule has 1 rings (SSSR count). The van der Waals surface area contributed by atoms with Gasteiger partial charge in [-0.1, -0.05) is 12.1 Å². The summed E-state index contributed by atoms with van der Waals surface area (Å²) in [7, 11) is 1.67. The molecular formula is C13H21BrIN3O. The first-order valence-electron chi connectivity index (χ1n) is 5.92. The van der Waals surface area contributed by atoms with Crippen LogP contribution in [0.3, 0.4) is 0 Å². The molecule has 0 radical (unpaired) electrons. The first-order chi connectivity index (χ1) is 8.54. The summed E-state index contributed by atoms with van der Waals surface area (Å²) in [6, 6.07) is 6.28. The molecule has 6 heteroatoms. The van der Waals surface area contributed by atoms with Crippen molar-refractivity contribution in [3.05, 3.63) is 28.2 Å².